The van der Waals surface area contributed by atoms with E-state index in [2.05, 4.69) is 36.9 Å². The SMILES string of the molecule is CC(C)CN(CC(O)C(Cc1ccccc1)NC(=O)OC1COC2OCCC12)S(=O)(=O)c1ccc2nn(NC3CCN(Cc4cccnc4)C3)nc2c1. The summed E-state index contributed by atoms with van der Waals surface area (Å²) in [5.41, 5.74) is 6.34. The number of rotatable bonds is 15. The number of alkyl carbamates (subject to hydrolysis) is 1. The minimum Gasteiger partial charge on any atom is -0.443 e. The van der Waals surface area contributed by atoms with Gasteiger partial charge in [0.2, 0.25) is 10.0 Å². The van der Waals surface area contributed by atoms with E-state index in [1.165, 1.54) is 21.3 Å². The van der Waals surface area contributed by atoms with Crippen molar-refractivity contribution in [2.75, 3.05) is 44.8 Å². The third-order valence-corrected chi connectivity index (χ3v) is 11.8. The fraction of sp³-hybridized carbons (Fsp3) is 0.514. The molecule has 53 heavy (non-hydrogen) atoms. The summed E-state index contributed by atoms with van der Waals surface area (Å²) in [6.45, 7) is 7.03. The van der Waals surface area contributed by atoms with Gasteiger partial charge < -0.3 is 24.6 Å². The fourth-order valence-corrected chi connectivity index (χ4v) is 8.93. The number of aliphatic hydroxyl groups excluding tert-OH is 1. The average molecular weight is 749 g/mol. The van der Waals surface area contributed by atoms with Crippen LogP contribution in [-0.4, -0.2) is 119 Å². The van der Waals surface area contributed by atoms with Gasteiger partial charge in [-0.25, -0.2) is 13.2 Å². The summed E-state index contributed by atoms with van der Waals surface area (Å²) in [4.78, 5) is 21.2. The number of carbonyl (C=O) groups is 1. The van der Waals surface area contributed by atoms with E-state index in [9.17, 15) is 18.3 Å². The zero-order valence-electron chi connectivity index (χ0n) is 30.0. The molecule has 1 amide bonds. The number of nitrogens with zero attached hydrogens (tertiary/aromatic N) is 6. The second-order valence-electron chi connectivity index (χ2n) is 14.5. The number of amides is 1. The molecule has 0 spiro atoms. The summed E-state index contributed by atoms with van der Waals surface area (Å²) in [7, 11) is -4.11. The Kier molecular flexibility index (Phi) is 11.5. The molecule has 3 fully saturated rings. The van der Waals surface area contributed by atoms with E-state index in [1.54, 1.807) is 12.3 Å². The van der Waals surface area contributed by atoms with E-state index in [0.29, 0.717) is 17.6 Å². The Morgan fingerprint density at radius 1 is 1.04 bits per heavy atom. The minimum absolute atomic E-state index is 0.0370. The van der Waals surface area contributed by atoms with Crippen LogP contribution in [0.15, 0.2) is 78.0 Å². The van der Waals surface area contributed by atoms with Crippen LogP contribution in [-0.2, 0) is 37.2 Å². The quantitative estimate of drug-likeness (QED) is 0.163. The van der Waals surface area contributed by atoms with Gasteiger partial charge in [0, 0.05) is 45.1 Å². The van der Waals surface area contributed by atoms with Crippen LogP contribution in [0.4, 0.5) is 4.79 Å². The van der Waals surface area contributed by atoms with Gasteiger partial charge in [-0.05, 0) is 60.6 Å². The van der Waals surface area contributed by atoms with Crippen molar-refractivity contribution in [3.05, 3.63) is 84.2 Å². The summed E-state index contributed by atoms with van der Waals surface area (Å²) in [5, 5.41) is 23.6. The monoisotopic (exact) mass is 748 g/mol. The molecule has 2 aromatic carbocycles. The van der Waals surface area contributed by atoms with Crippen molar-refractivity contribution < 1.29 is 32.5 Å². The molecule has 7 rings (SSSR count). The highest BCUT2D eigenvalue weighted by molar-refractivity contribution is 7.89. The molecular weight excluding hydrogens is 701 g/mol. The van der Waals surface area contributed by atoms with Crippen molar-refractivity contribution in [2.45, 2.75) is 75.1 Å². The second-order valence-corrected chi connectivity index (χ2v) is 16.5. The van der Waals surface area contributed by atoms with Crippen molar-refractivity contribution >= 4 is 27.1 Å². The molecule has 3 aliphatic heterocycles. The number of hydrogen-bond donors (Lipinski definition) is 3. The van der Waals surface area contributed by atoms with E-state index in [-0.39, 0.29) is 55.2 Å². The lowest BCUT2D eigenvalue weighted by Gasteiger charge is -2.31. The number of pyridine rings is 1. The van der Waals surface area contributed by atoms with Gasteiger partial charge in [-0.2, -0.15) is 4.31 Å². The van der Waals surface area contributed by atoms with Crippen LogP contribution in [0.25, 0.3) is 11.0 Å². The van der Waals surface area contributed by atoms with Gasteiger partial charge in [0.25, 0.3) is 0 Å². The molecule has 6 atom stereocenters. The third-order valence-electron chi connectivity index (χ3n) is 9.96. The number of carbonyl (C=O) groups excluding carboxylic acids is 1. The summed E-state index contributed by atoms with van der Waals surface area (Å²) >= 11 is 0. The maximum Gasteiger partial charge on any atom is 0.407 e. The predicted octanol–water partition coefficient (Wildman–Crippen LogP) is 2.75. The van der Waals surface area contributed by atoms with Crippen molar-refractivity contribution in [1.29, 1.82) is 0 Å². The molecule has 0 radical (unpaired) electrons. The molecule has 5 heterocycles. The Bertz CT molecular complexity index is 1930. The van der Waals surface area contributed by atoms with Crippen molar-refractivity contribution in [1.82, 2.24) is 34.6 Å². The number of aliphatic hydroxyl groups is 1. The summed E-state index contributed by atoms with van der Waals surface area (Å²) in [5.74, 6) is -0.0973. The van der Waals surface area contributed by atoms with Crippen LogP contribution in [0, 0.1) is 11.8 Å². The van der Waals surface area contributed by atoms with Crippen molar-refractivity contribution in [3.63, 3.8) is 0 Å². The Hall–Kier alpha value is -4.19. The zero-order chi connectivity index (χ0) is 37.0. The standard InChI is InChI=1S/C37H48N8O7S/c1-25(2)20-44(23-34(46)33(17-26-7-4-3-5-8-26)39-37(47)52-35-24-51-36-30(35)13-16-50-36)53(48,49)29-10-11-31-32(18-29)42-45(41-31)40-28-12-15-43(22-28)21-27-9-6-14-38-19-27/h3-11,14,18-19,25,28,30,33-36,40,46H,12-13,15-17,20-24H2,1-2H3,(H,39,47). The Morgan fingerprint density at radius 3 is 2.64 bits per heavy atom. The molecule has 3 aliphatic rings. The van der Waals surface area contributed by atoms with E-state index in [0.717, 1.165) is 43.6 Å². The van der Waals surface area contributed by atoms with Gasteiger partial charge in [-0.15, -0.1) is 10.2 Å². The zero-order valence-corrected chi connectivity index (χ0v) is 30.8. The Morgan fingerprint density at radius 2 is 1.85 bits per heavy atom. The molecular formula is C37H48N8O7S. The number of nitrogens with one attached hydrogen (secondary N) is 2. The third kappa shape index (κ3) is 9.13. The van der Waals surface area contributed by atoms with Crippen LogP contribution in [0.2, 0.25) is 0 Å². The molecule has 284 valence electrons. The molecule has 16 heteroatoms. The molecule has 2 aromatic heterocycles. The summed E-state index contributed by atoms with van der Waals surface area (Å²) in [6.07, 6.45) is 2.72. The number of ether oxygens (including phenoxy) is 3. The van der Waals surface area contributed by atoms with Crippen LogP contribution >= 0.6 is 0 Å². The molecule has 3 N–H and O–H groups in total. The number of benzene rings is 2. The first-order chi connectivity index (χ1) is 25.6. The van der Waals surface area contributed by atoms with Gasteiger partial charge in [0.05, 0.1) is 42.2 Å². The van der Waals surface area contributed by atoms with Gasteiger partial charge in [0.1, 0.15) is 17.1 Å². The van der Waals surface area contributed by atoms with Gasteiger partial charge in [0.15, 0.2) is 6.29 Å². The average Bonchev–Trinajstić information content (AvgIpc) is 3.95. The normalized spacial score (nSPS) is 23.0. The highest BCUT2D eigenvalue weighted by Crippen LogP contribution is 2.33. The van der Waals surface area contributed by atoms with Gasteiger partial charge in [-0.3, -0.25) is 15.3 Å². The molecule has 0 bridgehead atoms. The van der Waals surface area contributed by atoms with Crippen molar-refractivity contribution in [3.8, 4) is 0 Å². The number of aromatic nitrogens is 4. The van der Waals surface area contributed by atoms with E-state index < -0.39 is 34.4 Å². The highest BCUT2D eigenvalue weighted by Gasteiger charge is 2.44. The number of sulfonamides is 1. The lowest BCUT2D eigenvalue weighted by Crippen LogP contribution is -2.51. The first kappa shape index (κ1) is 37.1. The number of hydrogen-bond acceptors (Lipinski definition) is 12. The summed E-state index contributed by atoms with van der Waals surface area (Å²) < 4.78 is 46.7. The topological polar surface area (TPSA) is 173 Å². The van der Waals surface area contributed by atoms with E-state index >= 15 is 0 Å². The Labute approximate surface area is 309 Å². The fourth-order valence-electron chi connectivity index (χ4n) is 7.29. The van der Waals surface area contributed by atoms with Crippen LogP contribution in [0.1, 0.15) is 37.8 Å². The molecule has 3 saturated heterocycles. The first-order valence-electron chi connectivity index (χ1n) is 18.3. The highest BCUT2D eigenvalue weighted by atomic mass is 32.2. The molecule has 0 aliphatic carbocycles. The number of likely N-dealkylation sites (tertiary alicyclic amines) is 1. The second kappa shape index (κ2) is 16.4. The van der Waals surface area contributed by atoms with Crippen LogP contribution in [0.3, 0.4) is 0 Å². The molecule has 4 aromatic rings. The van der Waals surface area contributed by atoms with E-state index in [4.69, 9.17) is 14.2 Å². The molecule has 0 saturated carbocycles. The maximum absolute atomic E-state index is 14.3. The van der Waals surface area contributed by atoms with Gasteiger partial charge in [-0.1, -0.05) is 55.2 Å². The molecule has 6 unspecified atom stereocenters. The van der Waals surface area contributed by atoms with Crippen molar-refractivity contribution in [2.24, 2.45) is 11.8 Å². The van der Waals surface area contributed by atoms with Crippen LogP contribution in [0.5, 0.6) is 0 Å². The lowest BCUT2D eigenvalue weighted by atomic mass is 10.0. The van der Waals surface area contributed by atoms with Gasteiger partial charge >= 0.3 is 6.09 Å². The molecule has 15 nitrogen and oxygen atoms in total. The smallest absolute Gasteiger partial charge is 0.407 e. The minimum atomic E-state index is -4.11. The largest absolute Gasteiger partial charge is 0.443 e. The number of fused-ring (bicyclic) bond motifs is 2. The Balaban J connectivity index is 1.04. The maximum atomic E-state index is 14.3. The van der Waals surface area contributed by atoms with E-state index in [1.807, 2.05) is 56.4 Å². The summed E-state index contributed by atoms with van der Waals surface area (Å²) in [6, 6.07) is 17.4. The lowest BCUT2D eigenvalue weighted by molar-refractivity contribution is -0.0907. The first-order valence-corrected chi connectivity index (χ1v) is 19.7. The predicted molar refractivity (Wildman–Crippen MR) is 196 cm³/mol. The van der Waals surface area contributed by atoms with Crippen LogP contribution < -0.4 is 10.7 Å².